The van der Waals surface area contributed by atoms with Crippen molar-refractivity contribution in [3.63, 3.8) is 0 Å². The van der Waals surface area contributed by atoms with Gasteiger partial charge in [-0.05, 0) is 57.0 Å². The molecule has 5 rings (SSSR count). The molecule has 1 fully saturated rings. The minimum Gasteiger partial charge on any atom is -0.326 e. The molecule has 0 unspecified atom stereocenters. The Morgan fingerprint density at radius 2 is 1.97 bits per heavy atom. The van der Waals surface area contributed by atoms with Crippen LogP contribution < -0.4 is 4.90 Å². The topological polar surface area (TPSA) is 46.3 Å². The van der Waals surface area contributed by atoms with E-state index in [1.165, 1.54) is 28.9 Å². The average molecular weight is 421 g/mol. The number of anilines is 2. The van der Waals surface area contributed by atoms with Crippen molar-refractivity contribution in [2.24, 2.45) is 5.41 Å². The highest BCUT2D eigenvalue weighted by atomic mass is 19.2. The van der Waals surface area contributed by atoms with Crippen LogP contribution in [0.3, 0.4) is 0 Å². The average Bonchev–Trinajstić information content (AvgIpc) is 3.29. The third-order valence-electron chi connectivity index (χ3n) is 5.57. The first-order valence-electron chi connectivity index (χ1n) is 9.97. The van der Waals surface area contributed by atoms with Crippen LogP contribution in [-0.2, 0) is 0 Å². The van der Waals surface area contributed by atoms with E-state index in [0.29, 0.717) is 23.3 Å². The molecule has 0 N–H and O–H groups in total. The first-order chi connectivity index (χ1) is 14.9. The zero-order valence-electron chi connectivity index (χ0n) is 17.0. The molecule has 0 spiro atoms. The van der Waals surface area contributed by atoms with Crippen molar-refractivity contribution in [2.75, 3.05) is 11.4 Å². The van der Waals surface area contributed by atoms with Gasteiger partial charge in [0.1, 0.15) is 18.0 Å². The van der Waals surface area contributed by atoms with Gasteiger partial charge in [-0.25, -0.2) is 13.2 Å². The number of rotatable bonds is 3. The van der Waals surface area contributed by atoms with E-state index in [9.17, 15) is 13.2 Å². The molecule has 0 amide bonds. The molecule has 1 saturated carbocycles. The van der Waals surface area contributed by atoms with Crippen LogP contribution in [-0.4, -0.2) is 26.1 Å². The third kappa shape index (κ3) is 3.36. The molecule has 5 nitrogen and oxygen atoms in total. The van der Waals surface area contributed by atoms with E-state index in [2.05, 4.69) is 33.9 Å². The monoisotopic (exact) mass is 421 g/mol. The zero-order chi connectivity index (χ0) is 21.8. The third-order valence-corrected chi connectivity index (χ3v) is 5.57. The van der Waals surface area contributed by atoms with Crippen molar-refractivity contribution < 1.29 is 13.2 Å². The lowest BCUT2D eigenvalue weighted by Gasteiger charge is -2.24. The molecule has 156 valence electrons. The quantitative estimate of drug-likeness (QED) is 0.437. The number of benzene rings is 2. The van der Waals surface area contributed by atoms with Crippen molar-refractivity contribution in [3.05, 3.63) is 59.7 Å². The van der Waals surface area contributed by atoms with E-state index in [1.807, 2.05) is 6.92 Å². The summed E-state index contributed by atoms with van der Waals surface area (Å²) in [5, 5.41) is 7.74. The maximum absolute atomic E-state index is 14.9. The Labute approximate surface area is 176 Å². The molecule has 4 aromatic rings. The summed E-state index contributed by atoms with van der Waals surface area (Å²) in [7, 11) is 0. The molecule has 0 atom stereocenters. The summed E-state index contributed by atoms with van der Waals surface area (Å²) < 4.78 is 45.0. The van der Waals surface area contributed by atoms with Gasteiger partial charge in [0, 0.05) is 23.2 Å². The van der Waals surface area contributed by atoms with E-state index in [-0.39, 0.29) is 22.4 Å². The minimum absolute atomic E-state index is 0.00590. The molecule has 1 aliphatic carbocycles. The van der Waals surface area contributed by atoms with Gasteiger partial charge in [0.15, 0.2) is 11.6 Å². The molecule has 1 aliphatic rings. The van der Waals surface area contributed by atoms with E-state index < -0.39 is 17.5 Å². The lowest BCUT2D eigenvalue weighted by molar-refractivity contribution is 0.516. The van der Waals surface area contributed by atoms with Crippen LogP contribution >= 0.6 is 0 Å². The molecular formula is C23H18F3N5. The van der Waals surface area contributed by atoms with Gasteiger partial charge in [-0.15, -0.1) is 10.2 Å². The molecule has 8 heteroatoms. The van der Waals surface area contributed by atoms with Crippen molar-refractivity contribution >= 4 is 28.2 Å². The minimum atomic E-state index is -1.04. The SMILES string of the molecule is CCN(c1cc(F)cc(C#CC2(C)CC2)c1)c1nc2nncn2c2ccc(F)c(F)c12. The highest BCUT2D eigenvalue weighted by Crippen LogP contribution is 2.44. The summed E-state index contributed by atoms with van der Waals surface area (Å²) in [6.07, 6.45) is 3.45. The first-order valence-corrected chi connectivity index (χ1v) is 9.97. The fraction of sp³-hybridized carbons (Fsp3) is 0.261. The number of aromatic nitrogens is 4. The summed E-state index contributed by atoms with van der Waals surface area (Å²) in [6.45, 7) is 4.22. The Bertz CT molecular complexity index is 1400. The smallest absolute Gasteiger partial charge is 0.257 e. The second kappa shape index (κ2) is 6.98. The molecule has 0 saturated heterocycles. The second-order valence-electron chi connectivity index (χ2n) is 7.94. The first kappa shape index (κ1) is 19.4. The molecule has 2 heterocycles. The molecule has 2 aromatic heterocycles. The summed E-state index contributed by atoms with van der Waals surface area (Å²) in [5.41, 5.74) is 1.31. The van der Waals surface area contributed by atoms with Gasteiger partial charge >= 0.3 is 0 Å². The standard InChI is InChI=1S/C23H18F3N5/c1-3-30(16-11-14(10-15(24)12-16)6-7-23(2)8-9-23)21-19-18(5-4-17(25)20(19)26)31-13-27-29-22(31)28-21/h4-5,10-13H,3,8-9H2,1-2H3. The molecule has 2 aromatic carbocycles. The lowest BCUT2D eigenvalue weighted by Crippen LogP contribution is -2.19. The van der Waals surface area contributed by atoms with Crippen LogP contribution in [0.15, 0.2) is 36.7 Å². The maximum Gasteiger partial charge on any atom is 0.257 e. The molecule has 0 radical (unpaired) electrons. The number of halogens is 3. The fourth-order valence-corrected chi connectivity index (χ4v) is 3.57. The fourth-order valence-electron chi connectivity index (χ4n) is 3.57. The highest BCUT2D eigenvalue weighted by Gasteiger charge is 2.35. The number of fused-ring (bicyclic) bond motifs is 3. The van der Waals surface area contributed by atoms with E-state index in [4.69, 9.17) is 0 Å². The number of hydrogen-bond acceptors (Lipinski definition) is 4. The summed E-state index contributed by atoms with van der Waals surface area (Å²) in [5.74, 6) is 4.09. The van der Waals surface area contributed by atoms with Crippen molar-refractivity contribution in [1.82, 2.24) is 19.6 Å². The van der Waals surface area contributed by atoms with E-state index >= 15 is 0 Å². The summed E-state index contributed by atoms with van der Waals surface area (Å²) in [4.78, 5) is 6.04. The Morgan fingerprint density at radius 1 is 1.16 bits per heavy atom. The van der Waals surface area contributed by atoms with Crippen LogP contribution in [0, 0.1) is 34.7 Å². The predicted molar refractivity (Wildman–Crippen MR) is 112 cm³/mol. The van der Waals surface area contributed by atoms with Gasteiger partial charge < -0.3 is 4.90 Å². The van der Waals surface area contributed by atoms with Crippen LogP contribution in [0.25, 0.3) is 16.7 Å². The van der Waals surface area contributed by atoms with Gasteiger partial charge in [0.25, 0.3) is 5.78 Å². The van der Waals surface area contributed by atoms with Crippen LogP contribution in [0.2, 0.25) is 0 Å². The van der Waals surface area contributed by atoms with Gasteiger partial charge in [0.2, 0.25) is 0 Å². The van der Waals surface area contributed by atoms with Crippen LogP contribution in [0.1, 0.15) is 32.3 Å². The van der Waals surface area contributed by atoms with Crippen molar-refractivity contribution in [2.45, 2.75) is 26.7 Å². The van der Waals surface area contributed by atoms with Crippen molar-refractivity contribution in [3.8, 4) is 11.8 Å². The van der Waals surface area contributed by atoms with Gasteiger partial charge in [-0.1, -0.05) is 11.8 Å². The second-order valence-corrected chi connectivity index (χ2v) is 7.94. The van der Waals surface area contributed by atoms with Gasteiger partial charge in [0.05, 0.1) is 10.9 Å². The van der Waals surface area contributed by atoms with Gasteiger partial charge in [-0.3, -0.25) is 4.40 Å². The molecule has 31 heavy (non-hydrogen) atoms. The Balaban J connectivity index is 1.72. The number of hydrogen-bond donors (Lipinski definition) is 0. The van der Waals surface area contributed by atoms with Crippen LogP contribution in [0.4, 0.5) is 24.7 Å². The zero-order valence-corrected chi connectivity index (χ0v) is 17.0. The van der Waals surface area contributed by atoms with Crippen molar-refractivity contribution in [1.29, 1.82) is 0 Å². The van der Waals surface area contributed by atoms with E-state index in [1.54, 1.807) is 11.0 Å². The van der Waals surface area contributed by atoms with Crippen LogP contribution in [0.5, 0.6) is 0 Å². The molecular weight excluding hydrogens is 403 g/mol. The summed E-state index contributed by atoms with van der Waals surface area (Å²) in [6, 6.07) is 6.91. The largest absolute Gasteiger partial charge is 0.326 e. The number of nitrogens with zero attached hydrogens (tertiary/aromatic N) is 5. The summed E-state index contributed by atoms with van der Waals surface area (Å²) >= 11 is 0. The Morgan fingerprint density at radius 3 is 2.71 bits per heavy atom. The Hall–Kier alpha value is -3.60. The normalized spacial score (nSPS) is 14.5. The maximum atomic E-state index is 14.9. The Kier molecular flexibility index (Phi) is 4.36. The van der Waals surface area contributed by atoms with E-state index in [0.717, 1.165) is 18.9 Å². The van der Waals surface area contributed by atoms with Gasteiger partial charge in [-0.2, -0.15) is 4.98 Å². The lowest BCUT2D eigenvalue weighted by atomic mass is 10.1. The molecule has 0 aliphatic heterocycles. The highest BCUT2D eigenvalue weighted by molar-refractivity contribution is 5.94. The predicted octanol–water partition coefficient (Wildman–Crippen LogP) is 5.00. The molecule has 0 bridgehead atoms.